The second-order valence-corrected chi connectivity index (χ2v) is 7.22. The van der Waals surface area contributed by atoms with Gasteiger partial charge in [-0.1, -0.05) is 11.6 Å². The molecule has 2 rings (SSSR count). The monoisotopic (exact) mass is 318 g/mol. The number of benzene rings is 1. The SMILES string of the molecule is O=[N+]([O-])c1cc(Cl)ccc1CNCC1CSCCS1. The summed E-state index contributed by atoms with van der Waals surface area (Å²) in [6.07, 6.45) is 0. The molecule has 1 N–H and O–H groups in total. The fourth-order valence-electron chi connectivity index (χ4n) is 1.88. The molecular formula is C12H15ClN2O2S2. The average Bonchev–Trinajstić information content (AvgIpc) is 2.41. The fraction of sp³-hybridized carbons (Fsp3) is 0.500. The Morgan fingerprint density at radius 3 is 3.00 bits per heavy atom. The molecular weight excluding hydrogens is 304 g/mol. The minimum atomic E-state index is -0.381. The first-order valence-electron chi connectivity index (χ1n) is 5.99. The molecule has 0 aliphatic carbocycles. The van der Waals surface area contributed by atoms with Crippen LogP contribution in [-0.4, -0.2) is 34.0 Å². The van der Waals surface area contributed by atoms with E-state index in [9.17, 15) is 10.1 Å². The molecule has 0 spiro atoms. The summed E-state index contributed by atoms with van der Waals surface area (Å²) in [7, 11) is 0. The lowest BCUT2D eigenvalue weighted by molar-refractivity contribution is -0.385. The van der Waals surface area contributed by atoms with Crippen molar-refractivity contribution in [3.63, 3.8) is 0 Å². The van der Waals surface area contributed by atoms with E-state index in [0.29, 0.717) is 22.4 Å². The summed E-state index contributed by atoms with van der Waals surface area (Å²) in [6.45, 7) is 1.40. The van der Waals surface area contributed by atoms with E-state index in [2.05, 4.69) is 5.32 Å². The highest BCUT2D eigenvalue weighted by Crippen LogP contribution is 2.25. The van der Waals surface area contributed by atoms with Crippen LogP contribution < -0.4 is 5.32 Å². The third-order valence-corrected chi connectivity index (χ3v) is 5.90. The molecule has 19 heavy (non-hydrogen) atoms. The lowest BCUT2D eigenvalue weighted by Crippen LogP contribution is -2.28. The van der Waals surface area contributed by atoms with Crippen molar-refractivity contribution in [2.45, 2.75) is 11.8 Å². The predicted molar refractivity (Wildman–Crippen MR) is 83.4 cm³/mol. The van der Waals surface area contributed by atoms with Crippen LogP contribution in [0, 0.1) is 10.1 Å². The third-order valence-electron chi connectivity index (χ3n) is 2.82. The van der Waals surface area contributed by atoms with Crippen LogP contribution in [-0.2, 0) is 6.54 Å². The Labute approximate surface area is 125 Å². The predicted octanol–water partition coefficient (Wildman–Crippen LogP) is 3.19. The molecule has 0 amide bonds. The minimum Gasteiger partial charge on any atom is -0.311 e. The van der Waals surface area contributed by atoms with E-state index in [-0.39, 0.29) is 10.6 Å². The number of nitrogens with zero attached hydrogens (tertiary/aromatic N) is 1. The number of hydrogen-bond donors (Lipinski definition) is 1. The van der Waals surface area contributed by atoms with Gasteiger partial charge in [0.25, 0.3) is 5.69 Å². The van der Waals surface area contributed by atoms with Crippen LogP contribution in [0.2, 0.25) is 5.02 Å². The van der Waals surface area contributed by atoms with Gasteiger partial charge in [-0.05, 0) is 12.1 Å². The van der Waals surface area contributed by atoms with E-state index in [1.54, 1.807) is 12.1 Å². The van der Waals surface area contributed by atoms with Gasteiger partial charge in [0, 0.05) is 52.3 Å². The molecule has 1 saturated heterocycles. The van der Waals surface area contributed by atoms with E-state index < -0.39 is 0 Å². The van der Waals surface area contributed by atoms with Crippen molar-refractivity contribution in [3.8, 4) is 0 Å². The molecule has 0 radical (unpaired) electrons. The standard InChI is InChI=1S/C12H15ClN2O2S2/c13-10-2-1-9(12(5-10)15(16)17)6-14-7-11-8-18-3-4-19-11/h1-2,5,11,14H,3-4,6-8H2. The van der Waals surface area contributed by atoms with E-state index in [0.717, 1.165) is 12.3 Å². The van der Waals surface area contributed by atoms with Gasteiger partial charge < -0.3 is 5.32 Å². The Hall–Kier alpha value is -0.430. The first-order chi connectivity index (χ1) is 9.16. The van der Waals surface area contributed by atoms with Gasteiger partial charge in [0.1, 0.15) is 0 Å². The highest BCUT2D eigenvalue weighted by Gasteiger charge is 2.16. The lowest BCUT2D eigenvalue weighted by Gasteiger charge is -2.21. The van der Waals surface area contributed by atoms with E-state index in [1.807, 2.05) is 23.5 Å². The van der Waals surface area contributed by atoms with Crippen molar-refractivity contribution in [1.29, 1.82) is 0 Å². The average molecular weight is 319 g/mol. The largest absolute Gasteiger partial charge is 0.311 e. The highest BCUT2D eigenvalue weighted by atomic mass is 35.5. The first-order valence-corrected chi connectivity index (χ1v) is 8.58. The molecule has 4 nitrogen and oxygen atoms in total. The van der Waals surface area contributed by atoms with Crippen LogP contribution in [0.1, 0.15) is 5.56 Å². The number of nitro groups is 1. The van der Waals surface area contributed by atoms with E-state index >= 15 is 0 Å². The molecule has 1 fully saturated rings. The smallest absolute Gasteiger partial charge is 0.275 e. The van der Waals surface area contributed by atoms with Gasteiger partial charge in [-0.3, -0.25) is 10.1 Å². The lowest BCUT2D eigenvalue weighted by atomic mass is 10.2. The topological polar surface area (TPSA) is 55.2 Å². The van der Waals surface area contributed by atoms with Gasteiger partial charge in [0.2, 0.25) is 0 Å². The van der Waals surface area contributed by atoms with Crippen LogP contribution in [0.4, 0.5) is 5.69 Å². The Morgan fingerprint density at radius 1 is 1.47 bits per heavy atom. The summed E-state index contributed by atoms with van der Waals surface area (Å²) in [5, 5.41) is 15.3. The van der Waals surface area contributed by atoms with Crippen molar-refractivity contribution in [2.75, 3.05) is 23.8 Å². The Balaban J connectivity index is 1.89. The summed E-state index contributed by atoms with van der Waals surface area (Å²) < 4.78 is 0. The van der Waals surface area contributed by atoms with Gasteiger partial charge in [0.05, 0.1) is 4.92 Å². The maximum absolute atomic E-state index is 11.0. The number of thioether (sulfide) groups is 2. The molecule has 0 aromatic heterocycles. The highest BCUT2D eigenvalue weighted by molar-refractivity contribution is 8.06. The molecule has 1 atom stereocenters. The zero-order chi connectivity index (χ0) is 13.7. The first kappa shape index (κ1) is 15.0. The molecule has 1 aliphatic heterocycles. The Bertz CT molecular complexity index is 453. The van der Waals surface area contributed by atoms with Gasteiger partial charge in [-0.2, -0.15) is 23.5 Å². The summed E-state index contributed by atoms with van der Waals surface area (Å²) in [6, 6.07) is 4.82. The molecule has 1 aliphatic rings. The quantitative estimate of drug-likeness (QED) is 0.667. The second kappa shape index (κ2) is 7.38. The maximum atomic E-state index is 11.0. The molecule has 1 heterocycles. The van der Waals surface area contributed by atoms with Crippen LogP contribution in [0.25, 0.3) is 0 Å². The van der Waals surface area contributed by atoms with Crippen LogP contribution >= 0.6 is 35.1 Å². The summed E-state index contributed by atoms with van der Waals surface area (Å²) in [5.74, 6) is 3.57. The van der Waals surface area contributed by atoms with Crippen molar-refractivity contribution in [2.24, 2.45) is 0 Å². The minimum absolute atomic E-state index is 0.0886. The summed E-state index contributed by atoms with van der Waals surface area (Å²) in [5.41, 5.74) is 0.772. The van der Waals surface area contributed by atoms with Crippen LogP contribution in [0.15, 0.2) is 18.2 Å². The third kappa shape index (κ3) is 4.56. The number of nitro benzene ring substituents is 1. The van der Waals surface area contributed by atoms with Gasteiger partial charge in [-0.15, -0.1) is 0 Å². The zero-order valence-corrected chi connectivity index (χ0v) is 12.7. The normalized spacial score (nSPS) is 19.3. The van der Waals surface area contributed by atoms with E-state index in [4.69, 9.17) is 11.6 Å². The van der Waals surface area contributed by atoms with Gasteiger partial charge >= 0.3 is 0 Å². The number of rotatable bonds is 5. The number of halogens is 1. The van der Waals surface area contributed by atoms with Gasteiger partial charge in [0.15, 0.2) is 0 Å². The molecule has 1 aromatic carbocycles. The maximum Gasteiger partial charge on any atom is 0.275 e. The zero-order valence-electron chi connectivity index (χ0n) is 10.3. The Morgan fingerprint density at radius 2 is 2.32 bits per heavy atom. The van der Waals surface area contributed by atoms with Crippen molar-refractivity contribution in [3.05, 3.63) is 38.9 Å². The number of nitrogens with one attached hydrogen (secondary N) is 1. The fourth-order valence-corrected chi connectivity index (χ4v) is 4.69. The van der Waals surface area contributed by atoms with Crippen LogP contribution in [0.3, 0.4) is 0 Å². The van der Waals surface area contributed by atoms with Gasteiger partial charge in [-0.25, -0.2) is 0 Å². The molecule has 104 valence electrons. The van der Waals surface area contributed by atoms with Crippen LogP contribution in [0.5, 0.6) is 0 Å². The molecule has 7 heteroatoms. The summed E-state index contributed by atoms with van der Waals surface area (Å²) >= 11 is 9.73. The Kier molecular flexibility index (Phi) is 5.81. The molecule has 1 aromatic rings. The summed E-state index contributed by atoms with van der Waals surface area (Å²) in [4.78, 5) is 10.6. The molecule has 0 bridgehead atoms. The van der Waals surface area contributed by atoms with E-state index in [1.165, 1.54) is 17.6 Å². The second-order valence-electron chi connectivity index (χ2n) is 4.23. The molecule has 1 unspecified atom stereocenters. The van der Waals surface area contributed by atoms with Crippen molar-refractivity contribution < 1.29 is 4.92 Å². The van der Waals surface area contributed by atoms with Crippen molar-refractivity contribution in [1.82, 2.24) is 5.32 Å². The number of hydrogen-bond acceptors (Lipinski definition) is 5. The molecule has 0 saturated carbocycles. The van der Waals surface area contributed by atoms with Crippen molar-refractivity contribution >= 4 is 40.8 Å².